The topological polar surface area (TPSA) is 175 Å². The second-order valence-electron chi connectivity index (χ2n) is 7.65. The number of hydrogen-bond donors (Lipinski definition) is 4. The summed E-state index contributed by atoms with van der Waals surface area (Å²) in [6, 6.07) is 1.43. The van der Waals surface area contributed by atoms with E-state index in [0.717, 1.165) is 4.57 Å². The highest BCUT2D eigenvalue weighted by molar-refractivity contribution is 5.23. The van der Waals surface area contributed by atoms with Crippen LogP contribution in [0.3, 0.4) is 0 Å². The molecular weight excluding hydrogens is 448 g/mol. The fourth-order valence-electron chi connectivity index (χ4n) is 3.49. The number of ether oxygens (including phenoxy) is 2. The molecule has 2 aromatic rings. The molecule has 5 N–H and O–H groups in total. The second kappa shape index (κ2) is 10.3. The van der Waals surface area contributed by atoms with Crippen molar-refractivity contribution in [3.63, 3.8) is 0 Å². The number of nitrogen functional groups attached to an aromatic ring is 1. The van der Waals surface area contributed by atoms with Gasteiger partial charge in [0.15, 0.2) is 0 Å². The molecule has 2 aromatic heterocycles. The summed E-state index contributed by atoms with van der Waals surface area (Å²) in [6.45, 7) is 0.698. The molecule has 0 saturated carbocycles. The molecule has 0 amide bonds. The van der Waals surface area contributed by atoms with Gasteiger partial charge in [-0.1, -0.05) is 0 Å². The van der Waals surface area contributed by atoms with Gasteiger partial charge in [0.1, 0.15) is 42.8 Å². The first-order chi connectivity index (χ1) is 15.6. The number of rotatable bonds is 4. The summed E-state index contributed by atoms with van der Waals surface area (Å²) in [5.74, 6) is 0.106. The molecule has 33 heavy (non-hydrogen) atoms. The van der Waals surface area contributed by atoms with Crippen LogP contribution < -0.4 is 22.7 Å². The Balaban J connectivity index is 0.000000186. The Hall–Kier alpha value is -2.94. The zero-order valence-electron chi connectivity index (χ0n) is 17.6. The maximum atomic E-state index is 13.4. The molecule has 6 unspecified atom stereocenters. The van der Waals surface area contributed by atoms with Gasteiger partial charge in [-0.2, -0.15) is 4.98 Å². The Morgan fingerprint density at radius 1 is 1.09 bits per heavy atom. The number of aromatic amines is 1. The van der Waals surface area contributed by atoms with E-state index in [0.29, 0.717) is 5.56 Å². The Labute approximate surface area is 185 Å². The average Bonchev–Trinajstić information content (AvgIpc) is 3.32. The van der Waals surface area contributed by atoms with Crippen molar-refractivity contribution in [2.45, 2.75) is 56.8 Å². The van der Waals surface area contributed by atoms with Crippen LogP contribution in [0.1, 0.15) is 30.9 Å². The van der Waals surface area contributed by atoms with E-state index in [9.17, 15) is 23.2 Å². The summed E-state index contributed by atoms with van der Waals surface area (Å²) in [7, 11) is 0. The van der Waals surface area contributed by atoms with Crippen molar-refractivity contribution in [1.82, 2.24) is 19.1 Å². The zero-order chi connectivity index (χ0) is 24.3. The molecule has 0 aliphatic carbocycles. The standard InChI is InChI=1S/C10H13FN2O4.C9H12FN3O3/c1-5-3-13(10(16)12-9(5)15)8-2-6(11)7(4-14)17-8;10-5-3-8(16-6(5)4-14)13-2-1-7(11)12-9(13)15/h3,6-8,14H,2,4H2,1H3,(H,12,15,16);1-2,5-6,8,14H,3-4H2,(H2,11,12,15). The van der Waals surface area contributed by atoms with E-state index in [1.807, 2.05) is 0 Å². The van der Waals surface area contributed by atoms with Crippen molar-refractivity contribution in [3.8, 4) is 0 Å². The van der Waals surface area contributed by atoms with Crippen molar-refractivity contribution < 1.29 is 28.5 Å². The highest BCUT2D eigenvalue weighted by Crippen LogP contribution is 2.30. The van der Waals surface area contributed by atoms with Gasteiger partial charge in [-0.25, -0.2) is 18.4 Å². The largest absolute Gasteiger partial charge is 0.394 e. The van der Waals surface area contributed by atoms with Gasteiger partial charge in [-0.05, 0) is 13.0 Å². The summed E-state index contributed by atoms with van der Waals surface area (Å²) in [4.78, 5) is 39.8. The van der Waals surface area contributed by atoms with Crippen LogP contribution in [0, 0.1) is 6.92 Å². The van der Waals surface area contributed by atoms with Gasteiger partial charge in [0.2, 0.25) is 0 Å². The average molecular weight is 473 g/mol. The van der Waals surface area contributed by atoms with Gasteiger partial charge in [0, 0.05) is 30.8 Å². The van der Waals surface area contributed by atoms with Crippen LogP contribution in [-0.4, -0.2) is 67.1 Å². The Morgan fingerprint density at radius 2 is 1.64 bits per heavy atom. The highest BCUT2D eigenvalue weighted by atomic mass is 19.1. The van der Waals surface area contributed by atoms with Gasteiger partial charge in [0.25, 0.3) is 5.56 Å². The summed E-state index contributed by atoms with van der Waals surface area (Å²) in [5, 5.41) is 17.7. The van der Waals surface area contributed by atoms with Crippen LogP contribution in [-0.2, 0) is 9.47 Å². The number of aliphatic hydroxyl groups is 2. The second-order valence-corrected chi connectivity index (χ2v) is 7.65. The Morgan fingerprint density at radius 3 is 2.12 bits per heavy atom. The van der Waals surface area contributed by atoms with Crippen LogP contribution in [0.2, 0.25) is 0 Å². The first-order valence-electron chi connectivity index (χ1n) is 10.1. The predicted octanol–water partition coefficient (Wildman–Crippen LogP) is -1.09. The lowest BCUT2D eigenvalue weighted by molar-refractivity contribution is -0.0356. The minimum Gasteiger partial charge on any atom is -0.394 e. The first kappa shape index (κ1) is 24.7. The molecule has 12 nitrogen and oxygen atoms in total. The molecule has 0 bridgehead atoms. The van der Waals surface area contributed by atoms with Crippen LogP contribution in [0.5, 0.6) is 0 Å². The number of nitrogens with zero attached hydrogens (tertiary/aromatic N) is 3. The lowest BCUT2D eigenvalue weighted by Gasteiger charge is -2.14. The zero-order valence-corrected chi connectivity index (χ0v) is 17.6. The molecule has 2 aliphatic heterocycles. The number of aryl methyl sites for hydroxylation is 1. The number of alkyl halides is 2. The smallest absolute Gasteiger partial charge is 0.351 e. The number of anilines is 1. The molecule has 6 atom stereocenters. The summed E-state index contributed by atoms with van der Waals surface area (Å²) < 4.78 is 39.3. The third-order valence-electron chi connectivity index (χ3n) is 5.30. The molecule has 2 saturated heterocycles. The first-order valence-corrected chi connectivity index (χ1v) is 10.1. The van der Waals surface area contributed by atoms with E-state index in [1.165, 1.54) is 23.0 Å². The Bertz CT molecular complexity index is 1140. The fourth-order valence-corrected chi connectivity index (χ4v) is 3.49. The minimum atomic E-state index is -1.32. The normalized spacial score (nSPS) is 29.0. The number of H-pyrrole nitrogens is 1. The van der Waals surface area contributed by atoms with Crippen molar-refractivity contribution in [2.75, 3.05) is 18.9 Å². The fraction of sp³-hybridized carbons (Fsp3) is 0.579. The number of hydrogen-bond acceptors (Lipinski definition) is 9. The van der Waals surface area contributed by atoms with Gasteiger partial charge in [0.05, 0.1) is 13.2 Å². The minimum absolute atomic E-state index is 0.0172. The van der Waals surface area contributed by atoms with E-state index in [2.05, 4.69) is 9.97 Å². The van der Waals surface area contributed by atoms with Gasteiger partial charge >= 0.3 is 11.4 Å². The van der Waals surface area contributed by atoms with Crippen LogP contribution in [0.15, 0.2) is 32.8 Å². The van der Waals surface area contributed by atoms with E-state index < -0.39 is 67.2 Å². The lowest BCUT2D eigenvalue weighted by Crippen LogP contribution is -2.33. The SMILES string of the molecule is Cc1cn(C2CC(F)C(CO)O2)c(=O)[nH]c1=O.Nc1ccn(C2CC(F)C(CO)O2)c(=O)n1. The maximum absolute atomic E-state index is 13.4. The van der Waals surface area contributed by atoms with Crippen LogP contribution in [0.4, 0.5) is 14.6 Å². The number of halogens is 2. The summed E-state index contributed by atoms with van der Waals surface area (Å²) in [6.07, 6.45) is -3.16. The quantitative estimate of drug-likeness (QED) is 0.430. The van der Waals surface area contributed by atoms with E-state index in [4.69, 9.17) is 25.4 Å². The predicted molar refractivity (Wildman–Crippen MR) is 110 cm³/mol. The van der Waals surface area contributed by atoms with Crippen molar-refractivity contribution in [2.24, 2.45) is 0 Å². The molecule has 0 spiro atoms. The monoisotopic (exact) mass is 473 g/mol. The number of aliphatic hydroxyl groups excluding tert-OH is 2. The van der Waals surface area contributed by atoms with Crippen LogP contribution >= 0.6 is 0 Å². The van der Waals surface area contributed by atoms with E-state index >= 15 is 0 Å². The third kappa shape index (κ3) is 5.52. The van der Waals surface area contributed by atoms with E-state index in [1.54, 1.807) is 6.92 Å². The molecule has 4 rings (SSSR count). The van der Waals surface area contributed by atoms with Gasteiger partial charge < -0.3 is 25.4 Å². The summed E-state index contributed by atoms with van der Waals surface area (Å²) >= 11 is 0. The van der Waals surface area contributed by atoms with Gasteiger partial charge in [-0.15, -0.1) is 0 Å². The summed E-state index contributed by atoms with van der Waals surface area (Å²) in [5.41, 5.74) is 3.97. The number of nitrogens with one attached hydrogen (secondary N) is 1. The molecule has 4 heterocycles. The maximum Gasteiger partial charge on any atom is 0.351 e. The molecule has 0 radical (unpaired) electrons. The molecule has 182 valence electrons. The van der Waals surface area contributed by atoms with Gasteiger partial charge in [-0.3, -0.25) is 18.9 Å². The number of aromatic nitrogens is 4. The molecule has 2 fully saturated rings. The number of nitrogens with two attached hydrogens (primary N) is 1. The third-order valence-corrected chi connectivity index (χ3v) is 5.30. The molecule has 14 heteroatoms. The molecule has 0 aromatic carbocycles. The van der Waals surface area contributed by atoms with E-state index in [-0.39, 0.29) is 18.7 Å². The lowest BCUT2D eigenvalue weighted by atomic mass is 10.2. The van der Waals surface area contributed by atoms with Crippen LogP contribution in [0.25, 0.3) is 0 Å². The highest BCUT2D eigenvalue weighted by Gasteiger charge is 2.37. The molecular formula is C19H25F2N5O7. The Kier molecular flexibility index (Phi) is 7.73. The van der Waals surface area contributed by atoms with Crippen molar-refractivity contribution in [1.29, 1.82) is 0 Å². The van der Waals surface area contributed by atoms with Crippen molar-refractivity contribution >= 4 is 5.82 Å². The van der Waals surface area contributed by atoms with Crippen molar-refractivity contribution in [3.05, 3.63) is 55.3 Å². The molecule has 2 aliphatic rings.